The van der Waals surface area contributed by atoms with Crippen LogP contribution in [0.15, 0.2) is 35.7 Å². The van der Waals surface area contributed by atoms with Gasteiger partial charge < -0.3 is 10.5 Å². The third kappa shape index (κ3) is 2.86. The first-order valence-electron chi connectivity index (χ1n) is 5.94. The van der Waals surface area contributed by atoms with Crippen molar-refractivity contribution in [1.29, 1.82) is 0 Å². The zero-order valence-electron chi connectivity index (χ0n) is 10.2. The summed E-state index contributed by atoms with van der Waals surface area (Å²) in [5.74, 6) is 0.844. The van der Waals surface area contributed by atoms with Crippen molar-refractivity contribution in [2.45, 2.75) is 19.4 Å². The molecule has 1 aromatic carbocycles. The predicted octanol–water partition coefficient (Wildman–Crippen LogP) is 4.24. The summed E-state index contributed by atoms with van der Waals surface area (Å²) in [7, 11) is 0. The van der Waals surface area contributed by atoms with Gasteiger partial charge in [0.2, 0.25) is 0 Å². The molecule has 2 aromatic rings. The van der Waals surface area contributed by atoms with Gasteiger partial charge in [-0.2, -0.15) is 0 Å². The molecule has 0 amide bonds. The summed E-state index contributed by atoms with van der Waals surface area (Å²) in [5.41, 5.74) is 7.26. The monoisotopic (exact) mass is 281 g/mol. The molecule has 2 nitrogen and oxygen atoms in total. The highest BCUT2D eigenvalue weighted by Gasteiger charge is 2.17. The summed E-state index contributed by atoms with van der Waals surface area (Å²) in [6.45, 7) is 2.78. The lowest BCUT2D eigenvalue weighted by molar-refractivity contribution is 0.313. The van der Waals surface area contributed by atoms with Crippen LogP contribution in [0.3, 0.4) is 0 Å². The molecule has 96 valence electrons. The minimum Gasteiger partial charge on any atom is -0.493 e. The average Bonchev–Trinajstić information content (AvgIpc) is 2.82. The molecule has 0 bridgehead atoms. The molecule has 1 aromatic heterocycles. The quantitative estimate of drug-likeness (QED) is 0.890. The molecule has 1 atom stereocenters. The molecule has 0 aliphatic carbocycles. The maximum Gasteiger partial charge on any atom is 0.124 e. The summed E-state index contributed by atoms with van der Waals surface area (Å²) in [6, 6.07) is 9.51. The Labute approximate surface area is 116 Å². The van der Waals surface area contributed by atoms with Crippen LogP contribution in [0.2, 0.25) is 5.02 Å². The van der Waals surface area contributed by atoms with Gasteiger partial charge in [-0.25, -0.2) is 0 Å². The Morgan fingerprint density at radius 2 is 2.11 bits per heavy atom. The van der Waals surface area contributed by atoms with Crippen molar-refractivity contribution < 1.29 is 4.74 Å². The number of rotatable bonds is 5. The standard InChI is InChI=1S/C14H16ClNOS/c1-2-8-17-12-6-4-3-5-10(12)13(16)14-11(15)7-9-18-14/h3-7,9,13H,2,8,16H2,1H3. The van der Waals surface area contributed by atoms with E-state index in [4.69, 9.17) is 22.1 Å². The van der Waals surface area contributed by atoms with Gasteiger partial charge in [0.1, 0.15) is 5.75 Å². The van der Waals surface area contributed by atoms with Crippen LogP contribution in [0.5, 0.6) is 5.75 Å². The van der Waals surface area contributed by atoms with Gasteiger partial charge in [0.15, 0.2) is 0 Å². The van der Waals surface area contributed by atoms with E-state index < -0.39 is 0 Å². The zero-order chi connectivity index (χ0) is 13.0. The molecule has 1 heterocycles. The van der Waals surface area contributed by atoms with Crippen LogP contribution in [0.25, 0.3) is 0 Å². The topological polar surface area (TPSA) is 35.2 Å². The number of hydrogen-bond donors (Lipinski definition) is 1. The van der Waals surface area contributed by atoms with Crippen LogP contribution in [-0.4, -0.2) is 6.61 Å². The molecule has 0 saturated carbocycles. The van der Waals surface area contributed by atoms with E-state index in [1.54, 1.807) is 11.3 Å². The second-order valence-electron chi connectivity index (χ2n) is 4.00. The van der Waals surface area contributed by atoms with Crippen LogP contribution < -0.4 is 10.5 Å². The van der Waals surface area contributed by atoms with Gasteiger partial charge in [0.25, 0.3) is 0 Å². The number of halogens is 1. The first kappa shape index (κ1) is 13.4. The van der Waals surface area contributed by atoms with Gasteiger partial charge in [-0.15, -0.1) is 11.3 Å². The zero-order valence-corrected chi connectivity index (χ0v) is 11.8. The van der Waals surface area contributed by atoms with Gasteiger partial charge in [-0.05, 0) is 23.9 Å². The summed E-state index contributed by atoms with van der Waals surface area (Å²) in [5, 5.41) is 2.67. The van der Waals surface area contributed by atoms with Crippen molar-refractivity contribution in [1.82, 2.24) is 0 Å². The number of benzene rings is 1. The Bertz CT molecular complexity index is 512. The Morgan fingerprint density at radius 3 is 2.78 bits per heavy atom. The normalized spacial score (nSPS) is 12.4. The lowest BCUT2D eigenvalue weighted by atomic mass is 10.1. The molecule has 4 heteroatoms. The molecule has 0 radical (unpaired) electrons. The van der Waals surface area contributed by atoms with Crippen molar-refractivity contribution in [3.05, 3.63) is 51.2 Å². The second kappa shape index (κ2) is 6.23. The fourth-order valence-corrected chi connectivity index (χ4v) is 2.94. The van der Waals surface area contributed by atoms with Crippen LogP contribution in [-0.2, 0) is 0 Å². The van der Waals surface area contributed by atoms with Crippen LogP contribution in [0.1, 0.15) is 29.8 Å². The van der Waals surface area contributed by atoms with Gasteiger partial charge >= 0.3 is 0 Å². The largest absolute Gasteiger partial charge is 0.493 e. The van der Waals surface area contributed by atoms with Crippen LogP contribution >= 0.6 is 22.9 Å². The summed E-state index contributed by atoms with van der Waals surface area (Å²) < 4.78 is 5.73. The molecular weight excluding hydrogens is 266 g/mol. The van der Waals surface area contributed by atoms with Crippen molar-refractivity contribution in [3.63, 3.8) is 0 Å². The minimum atomic E-state index is -0.231. The SMILES string of the molecule is CCCOc1ccccc1C(N)c1sccc1Cl. The highest BCUT2D eigenvalue weighted by atomic mass is 35.5. The van der Waals surface area contributed by atoms with E-state index in [1.807, 2.05) is 35.7 Å². The van der Waals surface area contributed by atoms with Crippen molar-refractivity contribution in [2.75, 3.05) is 6.61 Å². The van der Waals surface area contributed by atoms with E-state index in [0.29, 0.717) is 6.61 Å². The second-order valence-corrected chi connectivity index (χ2v) is 5.35. The van der Waals surface area contributed by atoms with E-state index in [-0.39, 0.29) is 6.04 Å². The number of ether oxygens (including phenoxy) is 1. The Kier molecular flexibility index (Phi) is 4.64. The van der Waals surface area contributed by atoms with E-state index >= 15 is 0 Å². The molecule has 2 N–H and O–H groups in total. The Hall–Kier alpha value is -1.03. The fraction of sp³-hybridized carbons (Fsp3) is 0.286. The van der Waals surface area contributed by atoms with Gasteiger partial charge in [-0.1, -0.05) is 36.7 Å². The van der Waals surface area contributed by atoms with E-state index in [1.165, 1.54) is 0 Å². The van der Waals surface area contributed by atoms with Gasteiger partial charge in [0, 0.05) is 10.4 Å². The first-order valence-corrected chi connectivity index (χ1v) is 7.20. The van der Waals surface area contributed by atoms with Crippen molar-refractivity contribution in [3.8, 4) is 5.75 Å². The molecule has 0 fully saturated rings. The number of thiophene rings is 1. The van der Waals surface area contributed by atoms with Crippen LogP contribution in [0, 0.1) is 0 Å². The molecule has 0 spiro atoms. The summed E-state index contributed by atoms with van der Waals surface area (Å²) in [4.78, 5) is 0.976. The van der Waals surface area contributed by atoms with Crippen molar-refractivity contribution >= 4 is 22.9 Å². The average molecular weight is 282 g/mol. The Morgan fingerprint density at radius 1 is 1.33 bits per heavy atom. The lowest BCUT2D eigenvalue weighted by Gasteiger charge is -2.16. The minimum absolute atomic E-state index is 0.231. The smallest absolute Gasteiger partial charge is 0.124 e. The fourth-order valence-electron chi connectivity index (χ4n) is 1.75. The number of hydrogen-bond acceptors (Lipinski definition) is 3. The molecule has 0 aliphatic heterocycles. The molecular formula is C14H16ClNOS. The van der Waals surface area contributed by atoms with Crippen LogP contribution in [0.4, 0.5) is 0 Å². The molecule has 18 heavy (non-hydrogen) atoms. The van der Waals surface area contributed by atoms with Gasteiger partial charge in [0.05, 0.1) is 17.7 Å². The predicted molar refractivity (Wildman–Crippen MR) is 77.6 cm³/mol. The third-order valence-corrected chi connectivity index (χ3v) is 4.08. The summed E-state index contributed by atoms with van der Waals surface area (Å²) in [6.07, 6.45) is 0.976. The first-order chi connectivity index (χ1) is 8.74. The molecule has 0 aliphatic rings. The highest BCUT2D eigenvalue weighted by Crippen LogP contribution is 2.35. The lowest BCUT2D eigenvalue weighted by Crippen LogP contribution is -2.12. The number of nitrogens with two attached hydrogens (primary N) is 1. The number of para-hydroxylation sites is 1. The summed E-state index contributed by atoms with van der Waals surface area (Å²) >= 11 is 7.70. The highest BCUT2D eigenvalue weighted by molar-refractivity contribution is 7.10. The van der Waals surface area contributed by atoms with Crippen molar-refractivity contribution in [2.24, 2.45) is 5.73 Å². The van der Waals surface area contributed by atoms with Gasteiger partial charge in [-0.3, -0.25) is 0 Å². The van der Waals surface area contributed by atoms with E-state index in [0.717, 1.165) is 27.6 Å². The Balaban J connectivity index is 2.30. The third-order valence-electron chi connectivity index (χ3n) is 2.64. The molecule has 1 unspecified atom stereocenters. The molecule has 2 rings (SSSR count). The maximum absolute atomic E-state index is 6.28. The maximum atomic E-state index is 6.28. The van der Waals surface area contributed by atoms with E-state index in [9.17, 15) is 0 Å². The molecule has 0 saturated heterocycles. The van der Waals surface area contributed by atoms with E-state index in [2.05, 4.69) is 6.92 Å².